The van der Waals surface area contributed by atoms with E-state index in [1.54, 1.807) is 13.0 Å². The van der Waals surface area contributed by atoms with Gasteiger partial charge in [-0.3, -0.25) is 4.79 Å². The number of primary amides is 1. The summed E-state index contributed by atoms with van der Waals surface area (Å²) in [5.41, 5.74) is 11.2. The van der Waals surface area contributed by atoms with Crippen molar-refractivity contribution >= 4 is 11.7 Å². The number of rotatable bonds is 2. The van der Waals surface area contributed by atoms with E-state index in [2.05, 4.69) is 5.10 Å². The molecule has 0 aliphatic heterocycles. The molecule has 4 N–H and O–H groups in total. The number of aromatic nitrogens is 2. The van der Waals surface area contributed by atoms with Crippen LogP contribution in [0.1, 0.15) is 5.69 Å². The highest BCUT2D eigenvalue weighted by molar-refractivity contribution is 5.73. The van der Waals surface area contributed by atoms with Crippen molar-refractivity contribution < 1.29 is 4.79 Å². The lowest BCUT2D eigenvalue weighted by molar-refractivity contribution is -0.118. The van der Waals surface area contributed by atoms with E-state index in [0.717, 1.165) is 5.69 Å². The zero-order valence-corrected chi connectivity index (χ0v) is 6.24. The molecule has 60 valence electrons. The molecule has 0 saturated carbocycles. The van der Waals surface area contributed by atoms with Gasteiger partial charge in [0.15, 0.2) is 0 Å². The van der Waals surface area contributed by atoms with Crippen LogP contribution in [0.3, 0.4) is 0 Å². The topological polar surface area (TPSA) is 86.9 Å². The molecule has 0 bridgehead atoms. The van der Waals surface area contributed by atoms with Crippen molar-refractivity contribution in [3.8, 4) is 0 Å². The molecule has 1 aromatic rings. The number of aryl methyl sites for hydroxylation is 1. The highest BCUT2D eigenvalue weighted by atomic mass is 16.1. The minimum atomic E-state index is -0.445. The van der Waals surface area contributed by atoms with Gasteiger partial charge in [-0.25, -0.2) is 4.68 Å². The molecule has 0 radical (unpaired) electrons. The van der Waals surface area contributed by atoms with Crippen molar-refractivity contribution in [2.75, 3.05) is 5.73 Å². The fraction of sp³-hybridized carbons (Fsp3) is 0.333. The molecule has 0 fully saturated rings. The molecular formula is C6H10N4O. The molecule has 1 amide bonds. The Balaban J connectivity index is 2.85. The lowest BCUT2D eigenvalue weighted by Gasteiger charge is -1.97. The third-order valence-electron chi connectivity index (χ3n) is 1.24. The SMILES string of the molecule is Cc1cc(N)n(CC(N)=O)n1. The van der Waals surface area contributed by atoms with Gasteiger partial charge in [-0.15, -0.1) is 0 Å². The van der Waals surface area contributed by atoms with Gasteiger partial charge in [0.1, 0.15) is 12.4 Å². The van der Waals surface area contributed by atoms with Gasteiger partial charge in [-0.2, -0.15) is 5.10 Å². The van der Waals surface area contributed by atoms with E-state index < -0.39 is 5.91 Å². The first-order chi connectivity index (χ1) is 5.09. The molecule has 0 aliphatic rings. The summed E-state index contributed by atoms with van der Waals surface area (Å²) in [5, 5.41) is 3.94. The summed E-state index contributed by atoms with van der Waals surface area (Å²) in [5.74, 6) is 0.0149. The molecule has 0 unspecified atom stereocenters. The van der Waals surface area contributed by atoms with Gasteiger partial charge in [0, 0.05) is 6.07 Å². The number of hydrogen-bond donors (Lipinski definition) is 2. The first-order valence-electron chi connectivity index (χ1n) is 3.18. The molecule has 1 aromatic heterocycles. The minimum Gasteiger partial charge on any atom is -0.384 e. The number of hydrogen-bond acceptors (Lipinski definition) is 3. The summed E-state index contributed by atoms with van der Waals surface area (Å²) in [6, 6.07) is 1.68. The van der Waals surface area contributed by atoms with Crippen LogP contribution >= 0.6 is 0 Å². The van der Waals surface area contributed by atoms with Gasteiger partial charge in [0.05, 0.1) is 5.69 Å². The number of nitrogens with two attached hydrogens (primary N) is 2. The molecule has 5 nitrogen and oxygen atoms in total. The van der Waals surface area contributed by atoms with Crippen molar-refractivity contribution in [1.29, 1.82) is 0 Å². The molecule has 0 aliphatic carbocycles. The fourth-order valence-electron chi connectivity index (χ4n) is 0.840. The molecular weight excluding hydrogens is 144 g/mol. The molecule has 0 spiro atoms. The van der Waals surface area contributed by atoms with Crippen molar-refractivity contribution in [2.45, 2.75) is 13.5 Å². The van der Waals surface area contributed by atoms with E-state index in [1.807, 2.05) is 0 Å². The number of nitrogen functional groups attached to an aromatic ring is 1. The molecule has 0 aromatic carbocycles. The van der Waals surface area contributed by atoms with E-state index in [0.29, 0.717) is 5.82 Å². The maximum atomic E-state index is 10.4. The standard InChI is InChI=1S/C6H10N4O/c1-4-2-5(7)10(9-4)3-6(8)11/h2H,3,7H2,1H3,(H2,8,11). The Morgan fingerprint density at radius 1 is 1.82 bits per heavy atom. The molecule has 11 heavy (non-hydrogen) atoms. The predicted octanol–water partition coefficient (Wildman–Crippen LogP) is -0.741. The second kappa shape index (κ2) is 2.61. The number of nitrogens with zero attached hydrogens (tertiary/aromatic N) is 2. The van der Waals surface area contributed by atoms with E-state index in [-0.39, 0.29) is 6.54 Å². The molecule has 1 rings (SSSR count). The van der Waals surface area contributed by atoms with E-state index in [9.17, 15) is 4.79 Å². The number of amides is 1. The Hall–Kier alpha value is -1.52. The van der Waals surface area contributed by atoms with Crippen LogP contribution in [0.2, 0.25) is 0 Å². The van der Waals surface area contributed by atoms with Gasteiger partial charge >= 0.3 is 0 Å². The molecule has 0 saturated heterocycles. The average Bonchev–Trinajstić information content (AvgIpc) is 2.09. The van der Waals surface area contributed by atoms with Gasteiger partial charge < -0.3 is 11.5 Å². The predicted molar refractivity (Wildman–Crippen MR) is 40.6 cm³/mol. The number of anilines is 1. The second-order valence-corrected chi connectivity index (χ2v) is 2.33. The Morgan fingerprint density at radius 2 is 2.45 bits per heavy atom. The monoisotopic (exact) mass is 154 g/mol. The van der Waals surface area contributed by atoms with E-state index >= 15 is 0 Å². The molecule has 1 heterocycles. The van der Waals surface area contributed by atoms with E-state index in [4.69, 9.17) is 11.5 Å². The van der Waals surface area contributed by atoms with Crippen molar-refractivity contribution in [2.24, 2.45) is 5.73 Å². The summed E-state index contributed by atoms with van der Waals surface area (Å²) < 4.78 is 1.37. The first kappa shape index (κ1) is 7.59. The first-order valence-corrected chi connectivity index (χ1v) is 3.18. The van der Waals surface area contributed by atoms with Gasteiger partial charge in [0.25, 0.3) is 0 Å². The average molecular weight is 154 g/mol. The number of carbonyl (C=O) groups is 1. The van der Waals surface area contributed by atoms with Crippen LogP contribution in [0.15, 0.2) is 6.07 Å². The fourth-order valence-corrected chi connectivity index (χ4v) is 0.840. The number of carbonyl (C=O) groups excluding carboxylic acids is 1. The maximum absolute atomic E-state index is 10.4. The van der Waals surface area contributed by atoms with Gasteiger partial charge in [-0.05, 0) is 6.92 Å². The zero-order chi connectivity index (χ0) is 8.43. The van der Waals surface area contributed by atoms with Gasteiger partial charge in [-0.1, -0.05) is 0 Å². The van der Waals surface area contributed by atoms with Crippen molar-refractivity contribution in [3.05, 3.63) is 11.8 Å². The Bertz CT molecular complexity index is 278. The zero-order valence-electron chi connectivity index (χ0n) is 6.24. The minimum absolute atomic E-state index is 0.0413. The lowest BCUT2D eigenvalue weighted by Crippen LogP contribution is -2.20. The van der Waals surface area contributed by atoms with E-state index in [1.165, 1.54) is 4.68 Å². The largest absolute Gasteiger partial charge is 0.384 e. The lowest BCUT2D eigenvalue weighted by atomic mass is 10.5. The van der Waals surface area contributed by atoms with Gasteiger partial charge in [0.2, 0.25) is 5.91 Å². The van der Waals surface area contributed by atoms with Crippen LogP contribution in [0.4, 0.5) is 5.82 Å². The van der Waals surface area contributed by atoms with Crippen LogP contribution in [0.25, 0.3) is 0 Å². The van der Waals surface area contributed by atoms with Crippen molar-refractivity contribution in [1.82, 2.24) is 9.78 Å². The van der Waals surface area contributed by atoms with Crippen molar-refractivity contribution in [3.63, 3.8) is 0 Å². The highest BCUT2D eigenvalue weighted by Crippen LogP contribution is 2.03. The summed E-state index contributed by atoms with van der Waals surface area (Å²) in [4.78, 5) is 10.4. The van der Waals surface area contributed by atoms with Crippen LogP contribution in [0.5, 0.6) is 0 Å². The van der Waals surface area contributed by atoms with Crippen LogP contribution in [-0.2, 0) is 11.3 Å². The maximum Gasteiger partial charge on any atom is 0.239 e. The summed E-state index contributed by atoms with van der Waals surface area (Å²) >= 11 is 0. The smallest absolute Gasteiger partial charge is 0.239 e. The summed E-state index contributed by atoms with van der Waals surface area (Å²) in [6.45, 7) is 1.84. The highest BCUT2D eigenvalue weighted by Gasteiger charge is 2.02. The third-order valence-corrected chi connectivity index (χ3v) is 1.24. The van der Waals surface area contributed by atoms with Crippen LogP contribution in [0, 0.1) is 6.92 Å². The van der Waals surface area contributed by atoms with Crippen LogP contribution < -0.4 is 11.5 Å². The Kier molecular flexibility index (Phi) is 1.80. The second-order valence-electron chi connectivity index (χ2n) is 2.33. The normalized spacial score (nSPS) is 9.91. The molecule has 5 heteroatoms. The Labute approximate surface area is 64.0 Å². The summed E-state index contributed by atoms with van der Waals surface area (Å²) in [7, 11) is 0. The quantitative estimate of drug-likeness (QED) is 0.588. The third kappa shape index (κ3) is 1.70. The van der Waals surface area contributed by atoms with Crippen LogP contribution in [-0.4, -0.2) is 15.7 Å². The Morgan fingerprint density at radius 3 is 2.82 bits per heavy atom. The summed E-state index contributed by atoms with van der Waals surface area (Å²) in [6.07, 6.45) is 0. The molecule has 0 atom stereocenters.